The first-order valence-corrected chi connectivity index (χ1v) is 6.34. The van der Waals surface area contributed by atoms with Gasteiger partial charge in [-0.3, -0.25) is 14.9 Å². The fourth-order valence-electron chi connectivity index (χ4n) is 2.00. The molecule has 104 valence electrons. The van der Waals surface area contributed by atoms with Crippen LogP contribution in [0.15, 0.2) is 54.6 Å². The maximum atomic E-state index is 12.1. The Morgan fingerprint density at radius 1 is 1.14 bits per heavy atom. The van der Waals surface area contributed by atoms with Crippen molar-refractivity contribution >= 4 is 11.5 Å². The van der Waals surface area contributed by atoms with Crippen LogP contribution in [0.25, 0.3) is 0 Å². The fourth-order valence-corrected chi connectivity index (χ4v) is 2.00. The van der Waals surface area contributed by atoms with Crippen LogP contribution in [-0.2, 0) is 0 Å². The first kappa shape index (κ1) is 14.4. The van der Waals surface area contributed by atoms with Gasteiger partial charge in [-0.1, -0.05) is 30.3 Å². The average Bonchev–Trinajstić information content (AvgIpc) is 2.53. The van der Waals surface area contributed by atoms with Crippen LogP contribution >= 0.6 is 0 Å². The van der Waals surface area contributed by atoms with Crippen molar-refractivity contribution in [2.75, 3.05) is 0 Å². The molecule has 0 aromatic heterocycles. The van der Waals surface area contributed by atoms with Crippen molar-refractivity contribution in [3.63, 3.8) is 0 Å². The second-order valence-corrected chi connectivity index (χ2v) is 4.52. The van der Waals surface area contributed by atoms with Gasteiger partial charge in [-0.15, -0.1) is 0 Å². The molecule has 2 aromatic carbocycles. The van der Waals surface area contributed by atoms with E-state index in [4.69, 9.17) is 0 Å². The van der Waals surface area contributed by atoms with E-state index in [1.807, 2.05) is 18.2 Å². The summed E-state index contributed by atoms with van der Waals surface area (Å²) in [4.78, 5) is 22.2. The van der Waals surface area contributed by atoms with Crippen LogP contribution in [0.2, 0.25) is 0 Å². The van der Waals surface area contributed by atoms with Gasteiger partial charge in [-0.25, -0.2) is 0 Å². The molecule has 21 heavy (non-hydrogen) atoms. The number of nitriles is 1. The molecule has 1 unspecified atom stereocenters. The molecule has 5 heteroatoms. The summed E-state index contributed by atoms with van der Waals surface area (Å²) in [7, 11) is 0. The summed E-state index contributed by atoms with van der Waals surface area (Å²) in [6, 6.07) is 16.6. The Morgan fingerprint density at radius 3 is 2.29 bits per heavy atom. The van der Waals surface area contributed by atoms with Crippen LogP contribution in [0.4, 0.5) is 5.69 Å². The SMILES string of the molecule is N#CC(CC(=O)c1ccc([N+](=O)[O-])cc1)c1ccccc1. The number of non-ortho nitro benzene ring substituents is 1. The van der Waals surface area contributed by atoms with Crippen molar-refractivity contribution in [1.29, 1.82) is 5.26 Å². The van der Waals surface area contributed by atoms with E-state index in [1.165, 1.54) is 24.3 Å². The Balaban J connectivity index is 2.13. The fraction of sp³-hybridized carbons (Fsp3) is 0.125. The van der Waals surface area contributed by atoms with Gasteiger partial charge in [0, 0.05) is 24.1 Å². The lowest BCUT2D eigenvalue weighted by Crippen LogP contribution is -2.06. The highest BCUT2D eigenvalue weighted by Gasteiger charge is 2.17. The molecule has 2 rings (SSSR count). The van der Waals surface area contributed by atoms with Crippen LogP contribution < -0.4 is 0 Å². The van der Waals surface area contributed by atoms with Gasteiger partial charge in [-0.05, 0) is 17.7 Å². The Labute approximate surface area is 121 Å². The molecule has 0 fully saturated rings. The molecule has 0 spiro atoms. The number of nitro benzene ring substituents is 1. The Hall–Kier alpha value is -3.00. The second-order valence-electron chi connectivity index (χ2n) is 4.52. The van der Waals surface area contributed by atoms with Crippen LogP contribution in [0, 0.1) is 21.4 Å². The number of nitro groups is 1. The standard InChI is InChI=1S/C16H12N2O3/c17-11-14(12-4-2-1-3-5-12)10-16(19)13-6-8-15(9-7-13)18(20)21/h1-9,14H,10H2. The zero-order valence-corrected chi connectivity index (χ0v) is 11.1. The number of rotatable bonds is 5. The molecule has 5 nitrogen and oxygen atoms in total. The summed E-state index contributed by atoms with van der Waals surface area (Å²) in [6.07, 6.45) is 0.0539. The lowest BCUT2D eigenvalue weighted by Gasteiger charge is -2.08. The smallest absolute Gasteiger partial charge is 0.269 e. The maximum Gasteiger partial charge on any atom is 0.269 e. The number of carbonyl (C=O) groups is 1. The molecule has 1 atom stereocenters. The number of hydrogen-bond acceptors (Lipinski definition) is 4. The van der Waals surface area contributed by atoms with Crippen LogP contribution in [0.1, 0.15) is 28.3 Å². The average molecular weight is 280 g/mol. The van der Waals surface area contributed by atoms with E-state index in [9.17, 15) is 20.2 Å². The molecular weight excluding hydrogens is 268 g/mol. The minimum atomic E-state index is -0.520. The molecule has 0 radical (unpaired) electrons. The van der Waals surface area contributed by atoms with E-state index < -0.39 is 10.8 Å². The zero-order chi connectivity index (χ0) is 15.2. The quantitative estimate of drug-likeness (QED) is 0.477. The minimum absolute atomic E-state index is 0.0539. The molecule has 0 aliphatic carbocycles. The predicted molar refractivity (Wildman–Crippen MR) is 76.8 cm³/mol. The molecule has 0 aliphatic rings. The molecule has 0 amide bonds. The lowest BCUT2D eigenvalue weighted by atomic mass is 9.93. The number of carbonyl (C=O) groups excluding carboxylic acids is 1. The van der Waals surface area contributed by atoms with E-state index >= 15 is 0 Å². The Bertz CT molecular complexity index is 688. The third-order valence-electron chi connectivity index (χ3n) is 3.15. The summed E-state index contributed by atoms with van der Waals surface area (Å²) in [6.45, 7) is 0. The molecule has 0 saturated carbocycles. The van der Waals surface area contributed by atoms with E-state index in [1.54, 1.807) is 12.1 Å². The van der Waals surface area contributed by atoms with Gasteiger partial charge in [0.1, 0.15) is 0 Å². The largest absolute Gasteiger partial charge is 0.294 e. The number of ketones is 1. The van der Waals surface area contributed by atoms with E-state index in [0.717, 1.165) is 5.56 Å². The van der Waals surface area contributed by atoms with E-state index in [2.05, 4.69) is 6.07 Å². The number of Topliss-reactive ketones (excluding diaryl/α,β-unsaturated/α-hetero) is 1. The van der Waals surface area contributed by atoms with E-state index in [-0.39, 0.29) is 17.9 Å². The number of benzene rings is 2. The lowest BCUT2D eigenvalue weighted by molar-refractivity contribution is -0.384. The monoisotopic (exact) mass is 280 g/mol. The topological polar surface area (TPSA) is 84.0 Å². The highest BCUT2D eigenvalue weighted by molar-refractivity contribution is 5.97. The van der Waals surface area contributed by atoms with Crippen molar-refractivity contribution < 1.29 is 9.72 Å². The highest BCUT2D eigenvalue weighted by Crippen LogP contribution is 2.22. The van der Waals surface area contributed by atoms with Crippen molar-refractivity contribution in [3.8, 4) is 6.07 Å². The van der Waals surface area contributed by atoms with Crippen LogP contribution in [-0.4, -0.2) is 10.7 Å². The Morgan fingerprint density at radius 2 is 1.76 bits per heavy atom. The highest BCUT2D eigenvalue weighted by atomic mass is 16.6. The van der Waals surface area contributed by atoms with Gasteiger partial charge < -0.3 is 0 Å². The molecule has 0 bridgehead atoms. The molecule has 0 saturated heterocycles. The third-order valence-corrected chi connectivity index (χ3v) is 3.15. The van der Waals surface area contributed by atoms with Gasteiger partial charge in [0.25, 0.3) is 5.69 Å². The number of nitrogens with zero attached hydrogens (tertiary/aromatic N) is 2. The number of hydrogen-bond donors (Lipinski definition) is 0. The molecular formula is C16H12N2O3. The summed E-state index contributed by atoms with van der Waals surface area (Å²) >= 11 is 0. The van der Waals surface area contributed by atoms with Gasteiger partial charge in [0.15, 0.2) is 5.78 Å². The molecule has 0 aliphatic heterocycles. The van der Waals surface area contributed by atoms with Crippen molar-refractivity contribution in [1.82, 2.24) is 0 Å². The summed E-state index contributed by atoms with van der Waals surface area (Å²) in [5.41, 5.74) is 1.10. The predicted octanol–water partition coefficient (Wildman–Crippen LogP) is 3.47. The second kappa shape index (κ2) is 6.44. The van der Waals surface area contributed by atoms with Gasteiger partial charge in [0.2, 0.25) is 0 Å². The van der Waals surface area contributed by atoms with Crippen molar-refractivity contribution in [3.05, 3.63) is 75.8 Å². The van der Waals surface area contributed by atoms with Crippen LogP contribution in [0.5, 0.6) is 0 Å². The van der Waals surface area contributed by atoms with E-state index in [0.29, 0.717) is 5.56 Å². The summed E-state index contributed by atoms with van der Waals surface area (Å²) in [5.74, 6) is -0.728. The van der Waals surface area contributed by atoms with Crippen LogP contribution in [0.3, 0.4) is 0 Å². The first-order valence-electron chi connectivity index (χ1n) is 6.34. The molecule has 0 N–H and O–H groups in total. The normalized spacial score (nSPS) is 11.4. The summed E-state index contributed by atoms with van der Waals surface area (Å²) in [5, 5.41) is 19.8. The molecule has 2 aromatic rings. The maximum absolute atomic E-state index is 12.1. The summed E-state index contributed by atoms with van der Waals surface area (Å²) < 4.78 is 0. The van der Waals surface area contributed by atoms with Gasteiger partial charge >= 0.3 is 0 Å². The zero-order valence-electron chi connectivity index (χ0n) is 11.1. The third kappa shape index (κ3) is 3.51. The van der Waals surface area contributed by atoms with Crippen molar-refractivity contribution in [2.24, 2.45) is 0 Å². The van der Waals surface area contributed by atoms with Crippen molar-refractivity contribution in [2.45, 2.75) is 12.3 Å². The first-order chi connectivity index (χ1) is 10.1. The van der Waals surface area contributed by atoms with Gasteiger partial charge in [0.05, 0.1) is 16.9 Å². The van der Waals surface area contributed by atoms with Gasteiger partial charge in [-0.2, -0.15) is 5.26 Å². The molecule has 0 heterocycles. The minimum Gasteiger partial charge on any atom is -0.294 e. The Kier molecular flexibility index (Phi) is 4.42.